The van der Waals surface area contributed by atoms with Crippen molar-refractivity contribution in [3.63, 3.8) is 0 Å². The first-order valence-corrected chi connectivity index (χ1v) is 9.36. The molecule has 0 aromatic heterocycles. The van der Waals surface area contributed by atoms with Crippen molar-refractivity contribution in [2.24, 2.45) is 0 Å². The molecule has 0 bridgehead atoms. The smallest absolute Gasteiger partial charge is 0.336 e. The summed E-state index contributed by atoms with van der Waals surface area (Å²) in [5, 5.41) is 10.0. The van der Waals surface area contributed by atoms with Crippen molar-refractivity contribution in [3.8, 4) is 17.2 Å². The normalized spacial score (nSPS) is 18.4. The molecule has 2 aromatic carbocycles. The molecule has 2 heterocycles. The molecule has 2 aliphatic heterocycles. The van der Waals surface area contributed by atoms with Crippen molar-refractivity contribution < 1.29 is 33.3 Å². The maximum absolute atomic E-state index is 13.6. The number of esters is 1. The zero-order valence-corrected chi connectivity index (χ0v) is 16.8. The third-order valence-electron chi connectivity index (χ3n) is 5.18. The van der Waals surface area contributed by atoms with Gasteiger partial charge in [-0.25, -0.2) is 9.18 Å². The third kappa shape index (κ3) is 3.13. The van der Waals surface area contributed by atoms with E-state index < -0.39 is 17.7 Å². The van der Waals surface area contributed by atoms with Gasteiger partial charge in [-0.05, 0) is 35.9 Å². The van der Waals surface area contributed by atoms with Gasteiger partial charge in [0.05, 0.1) is 36.2 Å². The van der Waals surface area contributed by atoms with Gasteiger partial charge in [0.2, 0.25) is 11.7 Å². The highest BCUT2D eigenvalue weighted by atomic mass is 35.5. The molecule has 156 valence electrons. The molecule has 0 radical (unpaired) electrons. The SMILES string of the molecule is COc1cc(C2CC(=O)N(c3ccc(F)c(Cl)c3)C3=C2C(=O)OC3)cc(OC)c1O. The van der Waals surface area contributed by atoms with Crippen LogP contribution in [0.3, 0.4) is 0 Å². The minimum Gasteiger partial charge on any atom is -0.502 e. The monoisotopic (exact) mass is 433 g/mol. The van der Waals surface area contributed by atoms with E-state index in [1.165, 1.54) is 31.3 Å². The summed E-state index contributed by atoms with van der Waals surface area (Å²) in [4.78, 5) is 27.0. The van der Waals surface area contributed by atoms with Crippen molar-refractivity contribution in [1.82, 2.24) is 0 Å². The van der Waals surface area contributed by atoms with Crippen LogP contribution in [0, 0.1) is 5.82 Å². The van der Waals surface area contributed by atoms with E-state index in [0.29, 0.717) is 22.5 Å². The van der Waals surface area contributed by atoms with Crippen LogP contribution in [0.2, 0.25) is 5.02 Å². The van der Waals surface area contributed by atoms with Crippen molar-refractivity contribution in [3.05, 3.63) is 58.0 Å². The minimum absolute atomic E-state index is 0.0555. The molecule has 0 saturated heterocycles. The number of phenols is 1. The van der Waals surface area contributed by atoms with Crippen LogP contribution < -0.4 is 14.4 Å². The molecule has 0 aliphatic carbocycles. The maximum Gasteiger partial charge on any atom is 0.336 e. The summed E-state index contributed by atoms with van der Waals surface area (Å²) in [5.41, 5.74) is 1.58. The second-order valence-electron chi connectivity index (χ2n) is 6.79. The number of hydrogen-bond acceptors (Lipinski definition) is 6. The van der Waals surface area contributed by atoms with Gasteiger partial charge >= 0.3 is 5.97 Å². The summed E-state index contributed by atoms with van der Waals surface area (Å²) in [5.74, 6) is -1.98. The molecule has 0 spiro atoms. The Morgan fingerprint density at radius 3 is 2.43 bits per heavy atom. The largest absolute Gasteiger partial charge is 0.502 e. The molecular weight excluding hydrogens is 417 g/mol. The van der Waals surface area contributed by atoms with Gasteiger partial charge < -0.3 is 19.3 Å². The highest BCUT2D eigenvalue weighted by Gasteiger charge is 2.43. The van der Waals surface area contributed by atoms with Crippen LogP contribution in [0.1, 0.15) is 17.9 Å². The number of cyclic esters (lactones) is 1. The Balaban J connectivity index is 1.85. The molecule has 1 unspecified atom stereocenters. The topological polar surface area (TPSA) is 85.3 Å². The van der Waals surface area contributed by atoms with Gasteiger partial charge in [0.15, 0.2) is 11.5 Å². The number of carbonyl (C=O) groups is 2. The Kier molecular flexibility index (Phi) is 5.03. The number of halogens is 2. The summed E-state index contributed by atoms with van der Waals surface area (Å²) in [7, 11) is 2.78. The highest BCUT2D eigenvalue weighted by molar-refractivity contribution is 6.31. The van der Waals surface area contributed by atoms with Crippen LogP contribution in [0.5, 0.6) is 17.2 Å². The van der Waals surface area contributed by atoms with Crippen LogP contribution >= 0.6 is 11.6 Å². The summed E-state index contributed by atoms with van der Waals surface area (Å²) in [6, 6.07) is 7.01. The van der Waals surface area contributed by atoms with Crippen molar-refractivity contribution in [1.29, 1.82) is 0 Å². The fourth-order valence-corrected chi connectivity index (χ4v) is 3.95. The Morgan fingerprint density at radius 2 is 1.83 bits per heavy atom. The zero-order chi connectivity index (χ0) is 21.6. The molecule has 2 aromatic rings. The van der Waals surface area contributed by atoms with Crippen LogP contribution in [-0.2, 0) is 14.3 Å². The quantitative estimate of drug-likeness (QED) is 0.742. The first kappa shape index (κ1) is 20.0. The van der Waals surface area contributed by atoms with Gasteiger partial charge in [-0.2, -0.15) is 0 Å². The van der Waals surface area contributed by atoms with Crippen molar-refractivity contribution in [2.75, 3.05) is 25.7 Å². The Labute approximate surface area is 176 Å². The fourth-order valence-electron chi connectivity index (χ4n) is 3.78. The van der Waals surface area contributed by atoms with Crippen molar-refractivity contribution >= 4 is 29.2 Å². The minimum atomic E-state index is -0.627. The number of benzene rings is 2. The molecule has 2 aliphatic rings. The lowest BCUT2D eigenvalue weighted by molar-refractivity contribution is -0.136. The van der Waals surface area contributed by atoms with Gasteiger partial charge in [0.1, 0.15) is 12.4 Å². The van der Waals surface area contributed by atoms with Gasteiger partial charge in [-0.15, -0.1) is 0 Å². The van der Waals surface area contributed by atoms with Crippen molar-refractivity contribution in [2.45, 2.75) is 12.3 Å². The van der Waals surface area contributed by atoms with E-state index in [4.69, 9.17) is 25.8 Å². The van der Waals surface area contributed by atoms with Crippen LogP contribution in [0.4, 0.5) is 10.1 Å². The molecule has 4 rings (SSSR count). The summed E-state index contributed by atoms with van der Waals surface area (Å²) in [6.07, 6.45) is -0.0555. The van der Waals surface area contributed by atoms with Gasteiger partial charge in [0, 0.05) is 12.3 Å². The number of hydrogen-bond donors (Lipinski definition) is 1. The Bertz CT molecular complexity index is 1070. The lowest BCUT2D eigenvalue weighted by Crippen LogP contribution is -2.37. The van der Waals surface area contributed by atoms with Crippen LogP contribution in [0.15, 0.2) is 41.6 Å². The number of aromatic hydroxyl groups is 1. The van der Waals surface area contributed by atoms with E-state index in [2.05, 4.69) is 0 Å². The van der Waals surface area contributed by atoms with E-state index >= 15 is 0 Å². The zero-order valence-electron chi connectivity index (χ0n) is 16.1. The third-order valence-corrected chi connectivity index (χ3v) is 5.47. The molecule has 1 N–H and O–H groups in total. The summed E-state index contributed by atoms with van der Waals surface area (Å²) in [6.45, 7) is -0.0994. The predicted octanol–water partition coefficient (Wildman–Crippen LogP) is 3.53. The number of phenolic OH excluding ortho intramolecular Hbond substituents is 1. The number of methoxy groups -OCH3 is 2. The van der Waals surface area contributed by atoms with E-state index in [-0.39, 0.29) is 41.2 Å². The maximum atomic E-state index is 13.6. The Morgan fingerprint density at radius 1 is 1.17 bits per heavy atom. The molecule has 7 nitrogen and oxygen atoms in total. The molecule has 0 fully saturated rings. The first-order valence-electron chi connectivity index (χ1n) is 8.98. The molecule has 1 amide bonds. The van der Waals surface area contributed by atoms with E-state index in [1.807, 2.05) is 0 Å². The number of carbonyl (C=O) groups excluding carboxylic acids is 2. The standard InChI is InChI=1S/C21H17ClFNO6/c1-28-16-5-10(6-17(29-2)20(16)26)12-8-18(25)24(15-9-30-21(27)19(12)15)11-3-4-14(23)13(22)7-11/h3-7,12,26H,8-9H2,1-2H3. The first-order chi connectivity index (χ1) is 14.3. The molecule has 1 atom stereocenters. The fraction of sp³-hybridized carbons (Fsp3) is 0.238. The van der Waals surface area contributed by atoms with Crippen LogP contribution in [-0.4, -0.2) is 37.8 Å². The number of anilines is 1. The van der Waals surface area contributed by atoms with E-state index in [0.717, 1.165) is 6.07 Å². The van der Waals surface area contributed by atoms with Gasteiger partial charge in [0.25, 0.3) is 0 Å². The summed E-state index contributed by atoms with van der Waals surface area (Å²) >= 11 is 5.88. The molecule has 9 heteroatoms. The van der Waals surface area contributed by atoms with E-state index in [9.17, 15) is 19.1 Å². The lowest BCUT2D eigenvalue weighted by atomic mass is 9.83. The molecular formula is C21H17ClFNO6. The Hall–Kier alpha value is -3.26. The number of ether oxygens (including phenoxy) is 3. The number of amides is 1. The predicted molar refractivity (Wildman–Crippen MR) is 105 cm³/mol. The average Bonchev–Trinajstić information content (AvgIpc) is 3.11. The molecule has 30 heavy (non-hydrogen) atoms. The van der Waals surface area contributed by atoms with E-state index in [1.54, 1.807) is 12.1 Å². The molecule has 0 saturated carbocycles. The highest BCUT2D eigenvalue weighted by Crippen LogP contribution is 2.46. The van der Waals surface area contributed by atoms with Gasteiger partial charge in [-0.3, -0.25) is 9.69 Å². The second kappa shape index (κ2) is 7.53. The summed E-state index contributed by atoms with van der Waals surface area (Å²) < 4.78 is 29.2. The average molecular weight is 434 g/mol. The van der Waals surface area contributed by atoms with Crippen LogP contribution in [0.25, 0.3) is 0 Å². The van der Waals surface area contributed by atoms with Gasteiger partial charge in [-0.1, -0.05) is 11.6 Å². The second-order valence-corrected chi connectivity index (χ2v) is 7.20. The lowest BCUT2D eigenvalue weighted by Gasteiger charge is -2.32. The number of rotatable bonds is 4. The number of nitrogens with zero attached hydrogens (tertiary/aromatic N) is 1.